The predicted molar refractivity (Wildman–Crippen MR) is 106 cm³/mol. The standard InChI is InChI=1S/C20H20N2O6S/c23-18(22-20(25)21-16-10-11-29(26,27)13-16)12-28-17-8-6-15(7-9-17)19(24)14-4-2-1-3-5-14/h1-9,16H,10-13H2,(H2,21,22,23,25)/t16-/m0/s1. The van der Waals surface area contributed by atoms with E-state index in [1.165, 1.54) is 0 Å². The van der Waals surface area contributed by atoms with Gasteiger partial charge in [-0.1, -0.05) is 30.3 Å². The Balaban J connectivity index is 1.45. The topological polar surface area (TPSA) is 119 Å². The van der Waals surface area contributed by atoms with Crippen LogP contribution in [0.15, 0.2) is 54.6 Å². The van der Waals surface area contributed by atoms with E-state index in [1.54, 1.807) is 48.5 Å². The minimum atomic E-state index is -3.12. The molecular formula is C20H20N2O6S. The molecule has 8 nitrogen and oxygen atoms in total. The summed E-state index contributed by atoms with van der Waals surface area (Å²) >= 11 is 0. The van der Waals surface area contributed by atoms with Crippen LogP contribution in [0.25, 0.3) is 0 Å². The van der Waals surface area contributed by atoms with Crippen molar-refractivity contribution < 1.29 is 27.5 Å². The van der Waals surface area contributed by atoms with Gasteiger partial charge in [0, 0.05) is 17.2 Å². The van der Waals surface area contributed by atoms with E-state index >= 15 is 0 Å². The predicted octanol–water partition coefficient (Wildman–Crippen LogP) is 1.31. The molecule has 1 atom stereocenters. The van der Waals surface area contributed by atoms with Crippen molar-refractivity contribution in [2.45, 2.75) is 12.5 Å². The van der Waals surface area contributed by atoms with E-state index in [0.29, 0.717) is 23.3 Å². The lowest BCUT2D eigenvalue weighted by Gasteiger charge is -2.12. The number of urea groups is 1. The van der Waals surface area contributed by atoms with Crippen molar-refractivity contribution in [3.8, 4) is 5.75 Å². The van der Waals surface area contributed by atoms with Crippen molar-refractivity contribution in [2.75, 3.05) is 18.1 Å². The average molecular weight is 416 g/mol. The van der Waals surface area contributed by atoms with Gasteiger partial charge in [0.2, 0.25) is 0 Å². The quantitative estimate of drug-likeness (QED) is 0.686. The van der Waals surface area contributed by atoms with Crippen LogP contribution in [-0.2, 0) is 14.6 Å². The third kappa shape index (κ3) is 5.89. The largest absolute Gasteiger partial charge is 0.484 e. The highest BCUT2D eigenvalue weighted by molar-refractivity contribution is 7.91. The fourth-order valence-electron chi connectivity index (χ4n) is 2.90. The van der Waals surface area contributed by atoms with Crippen LogP contribution in [-0.4, -0.2) is 50.3 Å². The van der Waals surface area contributed by atoms with Gasteiger partial charge in [-0.25, -0.2) is 13.2 Å². The van der Waals surface area contributed by atoms with Gasteiger partial charge in [-0.2, -0.15) is 0 Å². The Morgan fingerprint density at radius 2 is 1.62 bits per heavy atom. The van der Waals surface area contributed by atoms with E-state index in [9.17, 15) is 22.8 Å². The number of hydrogen-bond acceptors (Lipinski definition) is 6. The van der Waals surface area contributed by atoms with Gasteiger partial charge in [0.1, 0.15) is 5.75 Å². The number of carbonyl (C=O) groups excluding carboxylic acids is 3. The fourth-order valence-corrected chi connectivity index (χ4v) is 4.57. The van der Waals surface area contributed by atoms with Gasteiger partial charge >= 0.3 is 6.03 Å². The van der Waals surface area contributed by atoms with Crippen LogP contribution in [0.3, 0.4) is 0 Å². The summed E-state index contributed by atoms with van der Waals surface area (Å²) in [6.45, 7) is -0.400. The van der Waals surface area contributed by atoms with E-state index in [2.05, 4.69) is 10.6 Å². The Bertz CT molecular complexity index is 1000. The molecule has 2 aromatic carbocycles. The first-order chi connectivity index (χ1) is 13.8. The third-order valence-electron chi connectivity index (χ3n) is 4.34. The highest BCUT2D eigenvalue weighted by atomic mass is 32.2. The minimum Gasteiger partial charge on any atom is -0.484 e. The van der Waals surface area contributed by atoms with Crippen LogP contribution in [0.1, 0.15) is 22.3 Å². The van der Waals surface area contributed by atoms with Gasteiger partial charge in [-0.15, -0.1) is 0 Å². The first kappa shape index (κ1) is 20.5. The normalized spacial score (nSPS) is 17.3. The molecule has 1 heterocycles. The van der Waals surface area contributed by atoms with E-state index in [4.69, 9.17) is 4.74 Å². The Kier molecular flexibility index (Phi) is 6.28. The van der Waals surface area contributed by atoms with Gasteiger partial charge in [0.15, 0.2) is 22.2 Å². The summed E-state index contributed by atoms with van der Waals surface area (Å²) in [6, 6.07) is 13.9. The molecule has 3 rings (SSSR count). The van der Waals surface area contributed by atoms with E-state index in [1.807, 2.05) is 6.07 Å². The second-order valence-electron chi connectivity index (χ2n) is 6.63. The molecule has 0 radical (unpaired) electrons. The molecule has 0 aromatic heterocycles. The number of imide groups is 1. The van der Waals surface area contributed by atoms with Crippen LogP contribution >= 0.6 is 0 Å². The Morgan fingerprint density at radius 1 is 0.966 bits per heavy atom. The summed E-state index contributed by atoms with van der Waals surface area (Å²) in [5.41, 5.74) is 1.06. The molecule has 1 aliphatic rings. The number of amides is 3. The Morgan fingerprint density at radius 3 is 2.24 bits per heavy atom. The first-order valence-corrected chi connectivity index (χ1v) is 10.8. The minimum absolute atomic E-state index is 0.0256. The van der Waals surface area contributed by atoms with Crippen molar-refractivity contribution in [1.82, 2.24) is 10.6 Å². The number of sulfone groups is 1. The second-order valence-corrected chi connectivity index (χ2v) is 8.86. The zero-order valence-electron chi connectivity index (χ0n) is 15.5. The van der Waals surface area contributed by atoms with Gasteiger partial charge in [-0.3, -0.25) is 14.9 Å². The first-order valence-electron chi connectivity index (χ1n) is 8.96. The summed E-state index contributed by atoms with van der Waals surface area (Å²) in [6.07, 6.45) is 0.328. The smallest absolute Gasteiger partial charge is 0.321 e. The highest BCUT2D eigenvalue weighted by Crippen LogP contribution is 2.15. The molecule has 1 aliphatic heterocycles. The van der Waals surface area contributed by atoms with Crippen molar-refractivity contribution in [3.63, 3.8) is 0 Å². The lowest BCUT2D eigenvalue weighted by Crippen LogP contribution is -2.46. The molecule has 9 heteroatoms. The number of ether oxygens (including phenoxy) is 1. The molecule has 0 spiro atoms. The van der Waals surface area contributed by atoms with Crippen molar-refractivity contribution >= 4 is 27.6 Å². The van der Waals surface area contributed by atoms with Crippen LogP contribution < -0.4 is 15.4 Å². The SMILES string of the molecule is O=C(COc1ccc(C(=O)c2ccccc2)cc1)NC(=O)N[C@H]1CCS(=O)(=O)C1. The summed E-state index contributed by atoms with van der Waals surface area (Å²) < 4.78 is 28.1. The average Bonchev–Trinajstić information content (AvgIpc) is 3.05. The highest BCUT2D eigenvalue weighted by Gasteiger charge is 2.29. The van der Waals surface area contributed by atoms with Crippen molar-refractivity contribution in [3.05, 3.63) is 65.7 Å². The van der Waals surface area contributed by atoms with Crippen LogP contribution in [0.2, 0.25) is 0 Å². The van der Waals surface area contributed by atoms with Gasteiger partial charge < -0.3 is 10.1 Å². The lowest BCUT2D eigenvalue weighted by molar-refractivity contribution is -0.122. The molecule has 3 amide bonds. The zero-order valence-corrected chi connectivity index (χ0v) is 16.3. The summed E-state index contributed by atoms with van der Waals surface area (Å²) in [7, 11) is -3.12. The lowest BCUT2D eigenvalue weighted by atomic mass is 10.0. The molecule has 2 N–H and O–H groups in total. The maximum atomic E-state index is 12.3. The van der Waals surface area contributed by atoms with E-state index in [0.717, 1.165) is 0 Å². The van der Waals surface area contributed by atoms with Gasteiger partial charge in [-0.05, 0) is 30.7 Å². The third-order valence-corrected chi connectivity index (χ3v) is 6.11. The summed E-state index contributed by atoms with van der Waals surface area (Å²) in [5.74, 6) is -0.531. The molecule has 0 bridgehead atoms. The number of rotatable bonds is 6. The van der Waals surface area contributed by atoms with Gasteiger partial charge in [0.05, 0.1) is 11.5 Å². The molecule has 2 aromatic rings. The van der Waals surface area contributed by atoms with Crippen LogP contribution in [0, 0.1) is 0 Å². The van der Waals surface area contributed by atoms with Crippen LogP contribution in [0.4, 0.5) is 4.79 Å². The maximum Gasteiger partial charge on any atom is 0.321 e. The molecule has 152 valence electrons. The fraction of sp³-hybridized carbons (Fsp3) is 0.250. The number of hydrogen-bond donors (Lipinski definition) is 2. The second kappa shape index (κ2) is 8.87. The molecule has 29 heavy (non-hydrogen) atoms. The maximum absolute atomic E-state index is 12.3. The molecule has 1 saturated heterocycles. The number of carbonyl (C=O) groups is 3. The zero-order chi connectivity index (χ0) is 20.9. The molecule has 0 aliphatic carbocycles. The molecular weight excluding hydrogens is 396 g/mol. The Hall–Kier alpha value is -3.20. The molecule has 0 unspecified atom stereocenters. The molecule has 1 fully saturated rings. The summed E-state index contributed by atoms with van der Waals surface area (Å²) in [5, 5.41) is 4.55. The molecule has 0 saturated carbocycles. The van der Waals surface area contributed by atoms with E-state index in [-0.39, 0.29) is 17.3 Å². The number of benzene rings is 2. The number of nitrogens with one attached hydrogen (secondary N) is 2. The Labute approximate surface area is 168 Å². The van der Waals surface area contributed by atoms with Crippen molar-refractivity contribution in [1.29, 1.82) is 0 Å². The van der Waals surface area contributed by atoms with Gasteiger partial charge in [0.25, 0.3) is 5.91 Å². The van der Waals surface area contributed by atoms with Crippen molar-refractivity contribution in [2.24, 2.45) is 0 Å². The van der Waals surface area contributed by atoms with E-state index < -0.39 is 34.4 Å². The monoisotopic (exact) mass is 416 g/mol. The number of ketones is 1. The summed E-state index contributed by atoms with van der Waals surface area (Å²) in [4.78, 5) is 35.9. The van der Waals surface area contributed by atoms with Crippen LogP contribution in [0.5, 0.6) is 5.75 Å².